The normalized spacial score (nSPS) is 18.0. The van der Waals surface area contributed by atoms with Gasteiger partial charge in [-0.2, -0.15) is 11.8 Å². The van der Waals surface area contributed by atoms with Crippen molar-refractivity contribution in [3.63, 3.8) is 0 Å². The molecule has 1 N–H and O–H groups in total. The van der Waals surface area contributed by atoms with Crippen molar-refractivity contribution >= 4 is 17.7 Å². The van der Waals surface area contributed by atoms with Crippen molar-refractivity contribution in [3.05, 3.63) is 35.1 Å². The number of nitrogens with zero attached hydrogens (tertiary/aromatic N) is 1. The van der Waals surface area contributed by atoms with Crippen LogP contribution in [0.25, 0.3) is 0 Å². The molecule has 21 heavy (non-hydrogen) atoms. The zero-order valence-corrected chi connectivity index (χ0v) is 12.8. The number of rotatable bonds is 2. The number of halogens is 1. The SMILES string of the molecule is CC1CSCCN1C(=O)c1cc(F)ccc1C#CCCO. The van der Waals surface area contributed by atoms with Crippen LogP contribution in [0.1, 0.15) is 29.3 Å². The second-order valence-corrected chi connectivity index (χ2v) is 6.04. The third kappa shape index (κ3) is 3.99. The van der Waals surface area contributed by atoms with Gasteiger partial charge in [0.2, 0.25) is 0 Å². The molecule has 1 heterocycles. The lowest BCUT2D eigenvalue weighted by Gasteiger charge is -2.33. The maximum atomic E-state index is 13.5. The second-order valence-electron chi connectivity index (χ2n) is 4.89. The van der Waals surface area contributed by atoms with E-state index < -0.39 is 5.82 Å². The summed E-state index contributed by atoms with van der Waals surface area (Å²) in [7, 11) is 0. The lowest BCUT2D eigenvalue weighted by molar-refractivity contribution is 0.0715. The topological polar surface area (TPSA) is 40.5 Å². The molecule has 0 aliphatic carbocycles. The van der Waals surface area contributed by atoms with Gasteiger partial charge in [0.1, 0.15) is 5.82 Å². The largest absolute Gasteiger partial charge is 0.395 e. The quantitative estimate of drug-likeness (QED) is 0.851. The van der Waals surface area contributed by atoms with E-state index in [4.69, 9.17) is 5.11 Å². The van der Waals surface area contributed by atoms with Crippen molar-refractivity contribution in [1.82, 2.24) is 4.90 Å². The number of benzene rings is 1. The van der Waals surface area contributed by atoms with Gasteiger partial charge >= 0.3 is 0 Å². The Morgan fingerprint density at radius 1 is 1.57 bits per heavy atom. The summed E-state index contributed by atoms with van der Waals surface area (Å²) in [6.07, 6.45) is 0.335. The van der Waals surface area contributed by atoms with Crippen molar-refractivity contribution in [2.45, 2.75) is 19.4 Å². The van der Waals surface area contributed by atoms with Crippen molar-refractivity contribution < 1.29 is 14.3 Å². The summed E-state index contributed by atoms with van der Waals surface area (Å²) in [5.74, 6) is 6.81. The van der Waals surface area contributed by atoms with Crippen LogP contribution in [-0.2, 0) is 0 Å². The molecule has 1 saturated heterocycles. The molecular weight excluding hydrogens is 289 g/mol. The van der Waals surface area contributed by atoms with E-state index in [-0.39, 0.29) is 18.6 Å². The van der Waals surface area contributed by atoms with Crippen molar-refractivity contribution in [2.24, 2.45) is 0 Å². The molecular formula is C16H18FNO2S. The highest BCUT2D eigenvalue weighted by molar-refractivity contribution is 7.99. The lowest BCUT2D eigenvalue weighted by Crippen LogP contribution is -2.44. The molecule has 1 aliphatic heterocycles. The van der Waals surface area contributed by atoms with Gasteiger partial charge in [0, 0.05) is 36.1 Å². The van der Waals surface area contributed by atoms with E-state index in [1.54, 1.807) is 4.90 Å². The van der Waals surface area contributed by atoms with E-state index in [0.29, 0.717) is 24.1 Å². The van der Waals surface area contributed by atoms with E-state index in [0.717, 1.165) is 11.5 Å². The van der Waals surface area contributed by atoms with Gasteiger partial charge < -0.3 is 10.0 Å². The van der Waals surface area contributed by atoms with Gasteiger partial charge in [-0.3, -0.25) is 4.79 Å². The summed E-state index contributed by atoms with van der Waals surface area (Å²) in [5, 5.41) is 8.77. The van der Waals surface area contributed by atoms with Gasteiger partial charge in [0.05, 0.1) is 12.2 Å². The van der Waals surface area contributed by atoms with Crippen molar-refractivity contribution in [2.75, 3.05) is 24.7 Å². The molecule has 1 fully saturated rings. The Kier molecular flexibility index (Phi) is 5.66. The van der Waals surface area contributed by atoms with Gasteiger partial charge in [-0.25, -0.2) is 4.39 Å². The van der Waals surface area contributed by atoms with Crippen LogP contribution < -0.4 is 0 Å². The minimum atomic E-state index is -0.440. The van der Waals surface area contributed by atoms with Crippen LogP contribution in [0.2, 0.25) is 0 Å². The van der Waals surface area contributed by atoms with E-state index >= 15 is 0 Å². The summed E-state index contributed by atoms with van der Waals surface area (Å²) in [4.78, 5) is 14.4. The Balaban J connectivity index is 2.30. The van der Waals surface area contributed by atoms with Gasteiger partial charge in [0.25, 0.3) is 5.91 Å². The molecule has 1 unspecified atom stereocenters. The van der Waals surface area contributed by atoms with E-state index in [2.05, 4.69) is 11.8 Å². The van der Waals surface area contributed by atoms with Crippen molar-refractivity contribution in [1.29, 1.82) is 0 Å². The highest BCUT2D eigenvalue weighted by Gasteiger charge is 2.26. The first kappa shape index (κ1) is 15.9. The molecule has 0 spiro atoms. The molecule has 112 valence electrons. The molecule has 0 radical (unpaired) electrons. The predicted octanol–water partition coefficient (Wildman–Crippen LogP) is 2.14. The van der Waals surface area contributed by atoms with Crippen LogP contribution in [0.5, 0.6) is 0 Å². The highest BCUT2D eigenvalue weighted by atomic mass is 32.2. The van der Waals surface area contributed by atoms with Crippen LogP contribution in [0.4, 0.5) is 4.39 Å². The summed E-state index contributed by atoms with van der Waals surface area (Å²) >= 11 is 1.82. The Hall–Kier alpha value is -1.51. The Morgan fingerprint density at radius 3 is 3.10 bits per heavy atom. The molecule has 1 atom stereocenters. The van der Waals surface area contributed by atoms with E-state index in [1.165, 1.54) is 18.2 Å². The van der Waals surface area contributed by atoms with E-state index in [1.807, 2.05) is 18.7 Å². The minimum absolute atomic E-state index is 0.0299. The van der Waals surface area contributed by atoms with Gasteiger partial charge in [0.15, 0.2) is 0 Å². The highest BCUT2D eigenvalue weighted by Crippen LogP contribution is 2.20. The Labute approximate surface area is 128 Å². The Bertz CT molecular complexity index is 579. The van der Waals surface area contributed by atoms with Crippen LogP contribution in [0.15, 0.2) is 18.2 Å². The molecule has 1 aromatic rings. The molecule has 2 rings (SSSR count). The zero-order valence-electron chi connectivity index (χ0n) is 11.9. The molecule has 1 aliphatic rings. The molecule has 0 bridgehead atoms. The number of hydrogen-bond donors (Lipinski definition) is 1. The number of aliphatic hydroxyl groups excluding tert-OH is 1. The van der Waals surface area contributed by atoms with Crippen LogP contribution in [-0.4, -0.2) is 46.6 Å². The molecule has 1 amide bonds. The molecule has 5 heteroatoms. The fourth-order valence-electron chi connectivity index (χ4n) is 2.20. The van der Waals surface area contributed by atoms with Crippen LogP contribution >= 0.6 is 11.8 Å². The number of carbonyl (C=O) groups is 1. The second kappa shape index (κ2) is 7.48. The van der Waals surface area contributed by atoms with Crippen LogP contribution in [0.3, 0.4) is 0 Å². The number of aliphatic hydroxyl groups is 1. The summed E-state index contributed by atoms with van der Waals surface area (Å²) in [6.45, 7) is 2.64. The minimum Gasteiger partial charge on any atom is -0.395 e. The monoisotopic (exact) mass is 307 g/mol. The number of amides is 1. The van der Waals surface area contributed by atoms with Crippen molar-refractivity contribution in [3.8, 4) is 11.8 Å². The fourth-order valence-corrected chi connectivity index (χ4v) is 3.21. The summed E-state index contributed by atoms with van der Waals surface area (Å²) in [5.41, 5.74) is 0.819. The summed E-state index contributed by atoms with van der Waals surface area (Å²) in [6, 6.07) is 4.21. The molecule has 0 saturated carbocycles. The smallest absolute Gasteiger partial charge is 0.255 e. The summed E-state index contributed by atoms with van der Waals surface area (Å²) < 4.78 is 13.5. The fraction of sp³-hybridized carbons (Fsp3) is 0.438. The first-order valence-corrected chi connectivity index (χ1v) is 8.07. The maximum Gasteiger partial charge on any atom is 0.255 e. The average molecular weight is 307 g/mol. The van der Waals surface area contributed by atoms with Gasteiger partial charge in [-0.05, 0) is 25.1 Å². The van der Waals surface area contributed by atoms with E-state index in [9.17, 15) is 9.18 Å². The predicted molar refractivity (Wildman–Crippen MR) is 82.8 cm³/mol. The Morgan fingerprint density at radius 2 is 2.38 bits per heavy atom. The number of thioether (sulfide) groups is 1. The lowest BCUT2D eigenvalue weighted by atomic mass is 10.1. The van der Waals surface area contributed by atoms with Gasteiger partial charge in [-0.1, -0.05) is 11.8 Å². The first-order valence-electron chi connectivity index (χ1n) is 6.91. The standard InChI is InChI=1S/C16H18FNO2S/c1-12-11-21-9-7-18(12)16(20)15-10-14(17)6-5-13(15)4-2-3-8-19/h5-6,10,12,19H,3,7-9,11H2,1H3. The molecule has 3 nitrogen and oxygen atoms in total. The number of hydrogen-bond acceptors (Lipinski definition) is 3. The first-order chi connectivity index (χ1) is 10.1. The third-order valence-electron chi connectivity index (χ3n) is 3.30. The molecule has 1 aromatic carbocycles. The third-order valence-corrected chi connectivity index (χ3v) is 4.49. The van der Waals surface area contributed by atoms with Crippen LogP contribution in [0, 0.1) is 17.7 Å². The molecule has 0 aromatic heterocycles. The average Bonchev–Trinajstić information content (AvgIpc) is 2.49. The van der Waals surface area contributed by atoms with Gasteiger partial charge in [-0.15, -0.1) is 0 Å². The maximum absolute atomic E-state index is 13.5. The zero-order chi connectivity index (χ0) is 15.2. The number of carbonyl (C=O) groups excluding carboxylic acids is 1.